The Bertz CT molecular complexity index is 1270. The molecule has 0 unspecified atom stereocenters. The highest BCUT2D eigenvalue weighted by Crippen LogP contribution is 2.32. The molecule has 1 aliphatic rings. The zero-order chi connectivity index (χ0) is 26.7. The second-order valence-corrected chi connectivity index (χ2v) is 8.79. The number of esters is 1. The lowest BCUT2D eigenvalue weighted by Crippen LogP contribution is -2.42. The van der Waals surface area contributed by atoms with Crippen molar-refractivity contribution in [2.45, 2.75) is 43.5 Å². The van der Waals surface area contributed by atoms with E-state index in [1.165, 1.54) is 24.3 Å². The van der Waals surface area contributed by atoms with Crippen molar-refractivity contribution < 1.29 is 34.4 Å². The lowest BCUT2D eigenvalue weighted by Gasteiger charge is -2.27. The lowest BCUT2D eigenvalue weighted by atomic mass is 10.1. The monoisotopic (exact) mass is 515 g/mol. The molecule has 3 heterocycles. The standard InChI is InChI=1S/C23H29N7O7/c1-36-23(35)13-4-2-3-12(7-13)8-29(6-5-14(24)22(33)34)9-15-17(31)18(32)21(37-15)30-11-28-16-19(25)26-10-27-20(16)30/h2-4,7,10-11,14-15,17-18,21,31-32H,5-6,8-9,24H2,1H3,(H,33,34)(H2,25,26,27)/t14-,15+,17+,18+,21+/m0/s1. The number of rotatable bonds is 10. The summed E-state index contributed by atoms with van der Waals surface area (Å²) in [5, 5.41) is 30.8. The van der Waals surface area contributed by atoms with Crippen LogP contribution in [0.1, 0.15) is 28.6 Å². The maximum absolute atomic E-state index is 11.9. The van der Waals surface area contributed by atoms with E-state index in [0.717, 1.165) is 5.56 Å². The van der Waals surface area contributed by atoms with Crippen molar-refractivity contribution in [1.82, 2.24) is 24.4 Å². The van der Waals surface area contributed by atoms with E-state index in [1.54, 1.807) is 18.2 Å². The molecule has 0 radical (unpaired) electrons. The highest BCUT2D eigenvalue weighted by atomic mass is 16.6. The smallest absolute Gasteiger partial charge is 0.337 e. The number of aromatic nitrogens is 4. The number of nitrogens with zero attached hydrogens (tertiary/aromatic N) is 5. The second-order valence-electron chi connectivity index (χ2n) is 8.79. The van der Waals surface area contributed by atoms with E-state index in [0.29, 0.717) is 23.3 Å². The van der Waals surface area contributed by atoms with E-state index in [2.05, 4.69) is 15.0 Å². The predicted octanol–water partition coefficient (Wildman–Crippen LogP) is -0.881. The number of nitrogen functional groups attached to an aromatic ring is 1. The van der Waals surface area contributed by atoms with Gasteiger partial charge in [0.1, 0.15) is 36.2 Å². The zero-order valence-corrected chi connectivity index (χ0v) is 20.0. The fourth-order valence-corrected chi connectivity index (χ4v) is 4.27. The van der Waals surface area contributed by atoms with Gasteiger partial charge in [-0.15, -0.1) is 0 Å². The molecule has 14 heteroatoms. The van der Waals surface area contributed by atoms with Crippen LogP contribution in [0.2, 0.25) is 0 Å². The maximum Gasteiger partial charge on any atom is 0.337 e. The van der Waals surface area contributed by atoms with Crippen molar-refractivity contribution in [3.63, 3.8) is 0 Å². The Morgan fingerprint density at radius 1 is 1.24 bits per heavy atom. The second kappa shape index (κ2) is 11.1. The van der Waals surface area contributed by atoms with Gasteiger partial charge in [0, 0.05) is 19.6 Å². The normalized spacial score (nSPS) is 22.4. The summed E-state index contributed by atoms with van der Waals surface area (Å²) in [4.78, 5) is 37.3. The molecular weight excluding hydrogens is 486 g/mol. The minimum Gasteiger partial charge on any atom is -0.480 e. The number of anilines is 1. The molecule has 0 amide bonds. The molecule has 0 bridgehead atoms. The third-order valence-electron chi connectivity index (χ3n) is 6.26. The summed E-state index contributed by atoms with van der Waals surface area (Å²) in [6, 6.07) is 5.72. The van der Waals surface area contributed by atoms with Crippen LogP contribution in [0, 0.1) is 0 Å². The van der Waals surface area contributed by atoms with Crippen molar-refractivity contribution in [3.05, 3.63) is 48.0 Å². The summed E-state index contributed by atoms with van der Waals surface area (Å²) < 4.78 is 12.3. The fraction of sp³-hybridized carbons (Fsp3) is 0.435. The number of carboxylic acids is 1. The number of carbonyl (C=O) groups excluding carboxylic acids is 1. The van der Waals surface area contributed by atoms with Crippen molar-refractivity contribution in [2.24, 2.45) is 5.73 Å². The van der Waals surface area contributed by atoms with Crippen LogP contribution in [0.5, 0.6) is 0 Å². The number of nitrogens with two attached hydrogens (primary N) is 2. The molecule has 5 atom stereocenters. The van der Waals surface area contributed by atoms with Crippen molar-refractivity contribution in [3.8, 4) is 0 Å². The average Bonchev–Trinajstić information content (AvgIpc) is 3.44. The predicted molar refractivity (Wildman–Crippen MR) is 129 cm³/mol. The van der Waals surface area contributed by atoms with Gasteiger partial charge in [0.2, 0.25) is 0 Å². The number of methoxy groups -OCH3 is 1. The van der Waals surface area contributed by atoms with Gasteiger partial charge in [0.05, 0.1) is 19.0 Å². The first kappa shape index (κ1) is 26.4. The fourth-order valence-electron chi connectivity index (χ4n) is 4.27. The van der Waals surface area contributed by atoms with Gasteiger partial charge in [0.25, 0.3) is 0 Å². The topological polar surface area (TPSA) is 212 Å². The Kier molecular flexibility index (Phi) is 7.94. The number of aliphatic carboxylic acids is 1. The van der Waals surface area contributed by atoms with Crippen LogP contribution in [-0.4, -0.2) is 96.2 Å². The minimum absolute atomic E-state index is 0.128. The summed E-state index contributed by atoms with van der Waals surface area (Å²) in [7, 11) is 1.29. The Balaban J connectivity index is 1.54. The van der Waals surface area contributed by atoms with Gasteiger partial charge in [-0.2, -0.15) is 0 Å². The molecule has 198 valence electrons. The first-order valence-electron chi connectivity index (χ1n) is 11.5. The number of hydrogen-bond donors (Lipinski definition) is 5. The van der Waals surface area contributed by atoms with E-state index >= 15 is 0 Å². The first-order valence-corrected chi connectivity index (χ1v) is 11.5. The van der Waals surface area contributed by atoms with Crippen molar-refractivity contribution in [2.75, 3.05) is 25.9 Å². The number of carbonyl (C=O) groups is 2. The number of benzene rings is 1. The van der Waals surface area contributed by atoms with E-state index in [9.17, 15) is 24.9 Å². The Hall–Kier alpha value is -3.69. The van der Waals surface area contributed by atoms with Crippen molar-refractivity contribution >= 4 is 28.9 Å². The molecule has 1 aromatic carbocycles. The van der Waals surface area contributed by atoms with Gasteiger partial charge in [-0.1, -0.05) is 12.1 Å². The highest BCUT2D eigenvalue weighted by molar-refractivity contribution is 5.89. The summed E-state index contributed by atoms with van der Waals surface area (Å²) >= 11 is 0. The quantitative estimate of drug-likeness (QED) is 0.208. The molecule has 37 heavy (non-hydrogen) atoms. The van der Waals surface area contributed by atoms with E-state index in [4.69, 9.17) is 20.9 Å². The molecule has 0 spiro atoms. The maximum atomic E-state index is 11.9. The van der Waals surface area contributed by atoms with Gasteiger partial charge in [-0.3, -0.25) is 14.3 Å². The van der Waals surface area contributed by atoms with E-state index < -0.39 is 42.5 Å². The number of aliphatic hydroxyl groups excluding tert-OH is 2. The molecule has 1 fully saturated rings. The molecule has 3 aromatic rings. The van der Waals surface area contributed by atoms with Crippen LogP contribution in [0.25, 0.3) is 11.2 Å². The van der Waals surface area contributed by atoms with Gasteiger partial charge in [0.15, 0.2) is 17.7 Å². The third-order valence-corrected chi connectivity index (χ3v) is 6.26. The van der Waals surface area contributed by atoms with Crippen LogP contribution in [0.4, 0.5) is 5.82 Å². The molecule has 1 saturated heterocycles. The van der Waals surface area contributed by atoms with Crippen LogP contribution < -0.4 is 11.5 Å². The molecule has 14 nitrogen and oxygen atoms in total. The Morgan fingerprint density at radius 2 is 2.03 bits per heavy atom. The first-order chi connectivity index (χ1) is 17.7. The molecule has 1 aliphatic heterocycles. The SMILES string of the molecule is COC(=O)c1cccc(CN(CC[C@H](N)C(=O)O)C[C@H]2O[C@@H](n3cnc4c(N)ncnc43)[C@H](O)[C@@H]2O)c1. The molecular formula is C23H29N7O7. The van der Waals surface area contributed by atoms with Gasteiger partial charge in [-0.05, 0) is 24.1 Å². The number of aliphatic hydroxyl groups is 2. The molecule has 7 N–H and O–H groups in total. The molecule has 2 aromatic heterocycles. The average molecular weight is 516 g/mol. The number of ether oxygens (including phenoxy) is 2. The molecule has 4 rings (SSSR count). The van der Waals surface area contributed by atoms with Crippen molar-refractivity contribution in [1.29, 1.82) is 0 Å². The molecule has 0 aliphatic carbocycles. The number of fused-ring (bicyclic) bond motifs is 1. The van der Waals surface area contributed by atoms with E-state index in [1.807, 2.05) is 11.0 Å². The van der Waals surface area contributed by atoms with Gasteiger partial charge in [-0.25, -0.2) is 19.7 Å². The lowest BCUT2D eigenvalue weighted by molar-refractivity contribution is -0.138. The van der Waals surface area contributed by atoms with E-state index in [-0.39, 0.29) is 25.3 Å². The van der Waals surface area contributed by atoms with Crippen LogP contribution in [-0.2, 0) is 20.8 Å². The summed E-state index contributed by atoms with van der Waals surface area (Å²) in [5.41, 5.74) is 13.4. The van der Waals surface area contributed by atoms with Crippen LogP contribution >= 0.6 is 0 Å². The minimum atomic E-state index is -1.30. The number of carboxylic acid groups (broad SMARTS) is 1. The van der Waals surface area contributed by atoms with Gasteiger partial charge < -0.3 is 36.3 Å². The van der Waals surface area contributed by atoms with Crippen LogP contribution in [0.15, 0.2) is 36.9 Å². The summed E-state index contributed by atoms with van der Waals surface area (Å²) in [6.07, 6.45) is -1.61. The zero-order valence-electron chi connectivity index (χ0n) is 20.0. The van der Waals surface area contributed by atoms with Gasteiger partial charge >= 0.3 is 11.9 Å². The number of imidazole rings is 1. The Labute approximate surface area is 211 Å². The highest BCUT2D eigenvalue weighted by Gasteiger charge is 2.45. The summed E-state index contributed by atoms with van der Waals surface area (Å²) in [5.74, 6) is -1.45. The Morgan fingerprint density at radius 3 is 2.76 bits per heavy atom. The van der Waals surface area contributed by atoms with Crippen LogP contribution in [0.3, 0.4) is 0 Å². The summed E-state index contributed by atoms with van der Waals surface area (Å²) in [6.45, 7) is 0.677. The largest absolute Gasteiger partial charge is 0.480 e. The third kappa shape index (κ3) is 5.68. The molecule has 0 saturated carbocycles. The number of hydrogen-bond acceptors (Lipinski definition) is 12.